The van der Waals surface area contributed by atoms with Gasteiger partial charge in [-0.2, -0.15) is 0 Å². The van der Waals surface area contributed by atoms with Crippen LogP contribution in [0.3, 0.4) is 0 Å². The van der Waals surface area contributed by atoms with Gasteiger partial charge < -0.3 is 14.1 Å². The molecule has 1 amide bonds. The molecule has 0 unspecified atom stereocenters. The molecule has 1 atom stereocenters. The summed E-state index contributed by atoms with van der Waals surface area (Å²) in [4.78, 5) is 14.1. The summed E-state index contributed by atoms with van der Waals surface area (Å²) >= 11 is 3.20. The largest absolute Gasteiger partial charge is 0.444 e. The molecule has 21 heavy (non-hydrogen) atoms. The van der Waals surface area contributed by atoms with Crippen molar-refractivity contribution in [2.24, 2.45) is 0 Å². The van der Waals surface area contributed by atoms with Gasteiger partial charge in [-0.25, -0.2) is 4.68 Å². The monoisotopic (exact) mass is 354 g/mol. The van der Waals surface area contributed by atoms with Gasteiger partial charge in [0, 0.05) is 20.2 Å². The maximum atomic E-state index is 12.3. The lowest BCUT2D eigenvalue weighted by molar-refractivity contribution is 0.0754. The molecule has 0 saturated carbocycles. The second kappa shape index (κ2) is 5.98. The molecule has 1 aliphatic rings. The van der Waals surface area contributed by atoms with Crippen LogP contribution in [0.2, 0.25) is 0 Å². The molecule has 3 heterocycles. The van der Waals surface area contributed by atoms with Crippen LogP contribution in [-0.4, -0.2) is 46.0 Å². The fourth-order valence-electron chi connectivity index (χ4n) is 2.43. The third-order valence-electron chi connectivity index (χ3n) is 3.46. The number of likely N-dealkylation sites (tertiary alicyclic amines) is 1. The Hall–Kier alpha value is -1.67. The van der Waals surface area contributed by atoms with Crippen LogP contribution in [0, 0.1) is 0 Å². The first-order chi connectivity index (χ1) is 10.2. The van der Waals surface area contributed by atoms with Gasteiger partial charge in [0.15, 0.2) is 10.4 Å². The molecule has 112 valence electrons. The molecule has 0 bridgehead atoms. The highest BCUT2D eigenvalue weighted by Crippen LogP contribution is 2.24. The van der Waals surface area contributed by atoms with Crippen LogP contribution in [0.15, 0.2) is 27.4 Å². The van der Waals surface area contributed by atoms with E-state index in [0.29, 0.717) is 30.1 Å². The van der Waals surface area contributed by atoms with E-state index in [-0.39, 0.29) is 11.9 Å². The van der Waals surface area contributed by atoms with E-state index in [1.165, 1.54) is 0 Å². The van der Waals surface area contributed by atoms with E-state index in [1.807, 2.05) is 6.20 Å². The number of hydrogen-bond donors (Lipinski definition) is 0. The van der Waals surface area contributed by atoms with E-state index in [0.717, 1.165) is 12.1 Å². The number of rotatable bonds is 4. The number of aromatic nitrogens is 3. The Morgan fingerprint density at radius 1 is 1.57 bits per heavy atom. The summed E-state index contributed by atoms with van der Waals surface area (Å²) < 4.78 is 12.7. The van der Waals surface area contributed by atoms with Gasteiger partial charge in [-0.15, -0.1) is 5.10 Å². The molecule has 1 fully saturated rings. The zero-order valence-electron chi connectivity index (χ0n) is 11.5. The molecule has 7 nitrogen and oxygen atoms in total. The van der Waals surface area contributed by atoms with Crippen molar-refractivity contribution in [2.75, 3.05) is 20.2 Å². The van der Waals surface area contributed by atoms with Crippen molar-refractivity contribution in [1.29, 1.82) is 0 Å². The van der Waals surface area contributed by atoms with Crippen molar-refractivity contribution >= 4 is 21.8 Å². The number of amides is 1. The Kier molecular flexibility index (Phi) is 4.07. The van der Waals surface area contributed by atoms with Gasteiger partial charge in [-0.3, -0.25) is 4.79 Å². The average Bonchev–Trinajstić information content (AvgIpc) is 3.17. The quantitative estimate of drug-likeness (QED) is 0.837. The predicted octanol–water partition coefficient (Wildman–Crippen LogP) is 1.87. The first-order valence-electron chi connectivity index (χ1n) is 6.61. The summed E-state index contributed by atoms with van der Waals surface area (Å²) in [5.41, 5.74) is 0.789. The topological polar surface area (TPSA) is 73.4 Å². The van der Waals surface area contributed by atoms with E-state index >= 15 is 0 Å². The van der Waals surface area contributed by atoms with Crippen LogP contribution >= 0.6 is 15.9 Å². The summed E-state index contributed by atoms with van der Waals surface area (Å²) in [6, 6.07) is 3.53. The SMILES string of the molecule is COCc1cn([C@H]2CCN(C(=O)c3ccc(Br)o3)C2)nn1. The van der Waals surface area contributed by atoms with Gasteiger partial charge in [-0.05, 0) is 34.5 Å². The van der Waals surface area contributed by atoms with Gasteiger partial charge in [0.25, 0.3) is 5.91 Å². The molecule has 3 rings (SSSR count). The summed E-state index contributed by atoms with van der Waals surface area (Å²) in [6.07, 6.45) is 2.72. The minimum absolute atomic E-state index is 0.0968. The van der Waals surface area contributed by atoms with Crippen molar-refractivity contribution in [2.45, 2.75) is 19.1 Å². The number of ether oxygens (including phenoxy) is 1. The summed E-state index contributed by atoms with van der Waals surface area (Å²) in [7, 11) is 1.62. The average molecular weight is 355 g/mol. The highest BCUT2D eigenvalue weighted by molar-refractivity contribution is 9.10. The highest BCUT2D eigenvalue weighted by atomic mass is 79.9. The minimum Gasteiger partial charge on any atom is -0.444 e. The van der Waals surface area contributed by atoms with Crippen LogP contribution in [0.25, 0.3) is 0 Å². The van der Waals surface area contributed by atoms with Gasteiger partial charge in [-0.1, -0.05) is 5.21 Å². The second-order valence-corrected chi connectivity index (χ2v) is 5.70. The Bertz CT molecular complexity index is 639. The fourth-order valence-corrected chi connectivity index (χ4v) is 2.74. The standard InChI is InChI=1S/C13H15BrN4O3/c1-20-8-9-6-18(16-15-9)10-4-5-17(7-10)13(19)11-2-3-12(14)21-11/h2-3,6,10H,4-5,7-8H2,1H3/t10-/m0/s1. The maximum absolute atomic E-state index is 12.3. The number of nitrogens with zero attached hydrogens (tertiary/aromatic N) is 4. The molecule has 0 aliphatic carbocycles. The third kappa shape index (κ3) is 3.01. The summed E-state index contributed by atoms with van der Waals surface area (Å²) in [5.74, 6) is 0.251. The van der Waals surface area contributed by atoms with E-state index in [4.69, 9.17) is 9.15 Å². The van der Waals surface area contributed by atoms with Crippen molar-refractivity contribution in [1.82, 2.24) is 19.9 Å². The lowest BCUT2D eigenvalue weighted by atomic mass is 10.3. The number of furan rings is 1. The number of carbonyl (C=O) groups is 1. The van der Waals surface area contributed by atoms with Crippen LogP contribution in [-0.2, 0) is 11.3 Å². The first kappa shape index (κ1) is 14.3. The zero-order chi connectivity index (χ0) is 14.8. The van der Waals surface area contributed by atoms with Gasteiger partial charge in [0.05, 0.1) is 18.8 Å². The molecule has 2 aromatic heterocycles. The van der Waals surface area contributed by atoms with Crippen molar-refractivity contribution in [3.05, 3.63) is 34.5 Å². The fraction of sp³-hybridized carbons (Fsp3) is 0.462. The predicted molar refractivity (Wildman–Crippen MR) is 76.7 cm³/mol. The third-order valence-corrected chi connectivity index (χ3v) is 3.88. The lowest BCUT2D eigenvalue weighted by Crippen LogP contribution is -2.28. The molecular weight excluding hydrogens is 340 g/mol. The number of halogens is 1. The molecule has 0 aromatic carbocycles. The van der Waals surface area contributed by atoms with E-state index in [1.54, 1.807) is 28.8 Å². The van der Waals surface area contributed by atoms with Gasteiger partial charge >= 0.3 is 0 Å². The Labute approximate surface area is 130 Å². The summed E-state index contributed by atoms with van der Waals surface area (Å²) in [5, 5.41) is 8.15. The highest BCUT2D eigenvalue weighted by Gasteiger charge is 2.30. The second-order valence-electron chi connectivity index (χ2n) is 4.92. The molecule has 0 radical (unpaired) electrons. The molecule has 8 heteroatoms. The van der Waals surface area contributed by atoms with Crippen LogP contribution in [0.4, 0.5) is 0 Å². The molecule has 0 spiro atoms. The molecular formula is C13H15BrN4O3. The zero-order valence-corrected chi connectivity index (χ0v) is 13.1. The van der Waals surface area contributed by atoms with Crippen molar-refractivity contribution in [3.63, 3.8) is 0 Å². The van der Waals surface area contributed by atoms with Crippen LogP contribution in [0.5, 0.6) is 0 Å². The number of carbonyl (C=O) groups excluding carboxylic acids is 1. The summed E-state index contributed by atoms with van der Waals surface area (Å²) in [6.45, 7) is 1.73. The first-order valence-corrected chi connectivity index (χ1v) is 7.41. The Morgan fingerprint density at radius 2 is 2.43 bits per heavy atom. The molecule has 0 N–H and O–H groups in total. The van der Waals surface area contributed by atoms with Crippen LogP contribution in [0.1, 0.15) is 28.7 Å². The Balaban J connectivity index is 1.65. The minimum atomic E-state index is -0.0968. The van der Waals surface area contributed by atoms with E-state index < -0.39 is 0 Å². The van der Waals surface area contributed by atoms with E-state index in [9.17, 15) is 4.79 Å². The van der Waals surface area contributed by atoms with Crippen molar-refractivity contribution in [3.8, 4) is 0 Å². The molecule has 1 saturated heterocycles. The van der Waals surface area contributed by atoms with Crippen LogP contribution < -0.4 is 0 Å². The van der Waals surface area contributed by atoms with Crippen molar-refractivity contribution < 1.29 is 13.9 Å². The number of hydrogen-bond acceptors (Lipinski definition) is 5. The van der Waals surface area contributed by atoms with Gasteiger partial charge in [0.2, 0.25) is 0 Å². The Morgan fingerprint density at radius 3 is 3.14 bits per heavy atom. The maximum Gasteiger partial charge on any atom is 0.289 e. The normalized spacial score (nSPS) is 18.4. The smallest absolute Gasteiger partial charge is 0.289 e. The van der Waals surface area contributed by atoms with Gasteiger partial charge in [0.1, 0.15) is 5.69 Å². The lowest BCUT2D eigenvalue weighted by Gasteiger charge is -2.14. The molecule has 1 aliphatic heterocycles. The van der Waals surface area contributed by atoms with E-state index in [2.05, 4.69) is 26.2 Å². The number of methoxy groups -OCH3 is 1. The molecule has 2 aromatic rings.